The second kappa shape index (κ2) is 9.74. The molecule has 0 aliphatic heterocycles. The average Bonchev–Trinajstić information content (AvgIpc) is 2.75. The van der Waals surface area contributed by atoms with Gasteiger partial charge in [-0.1, -0.05) is 11.6 Å². The summed E-state index contributed by atoms with van der Waals surface area (Å²) in [5.74, 6) is -0.343. The van der Waals surface area contributed by atoms with Crippen LogP contribution in [0.1, 0.15) is 25.7 Å². The van der Waals surface area contributed by atoms with Crippen molar-refractivity contribution in [3.05, 3.63) is 59.8 Å². The van der Waals surface area contributed by atoms with Gasteiger partial charge < -0.3 is 20.7 Å². The van der Waals surface area contributed by atoms with Crippen LogP contribution in [0.4, 0.5) is 29.3 Å². The summed E-state index contributed by atoms with van der Waals surface area (Å²) in [6.45, 7) is 0. The molecule has 2 amide bonds. The van der Waals surface area contributed by atoms with Gasteiger partial charge in [0.25, 0.3) is 0 Å². The van der Waals surface area contributed by atoms with Crippen LogP contribution in [0, 0.1) is 0 Å². The molecule has 0 saturated heterocycles. The third-order valence-electron chi connectivity index (χ3n) is 5.47. The SMILES string of the molecule is O=C(Nc1ccc(OC(F)(F)F)cc1)NC1CCC(Nc2ccnc3cc(Cl)ccc23)CC1. The summed E-state index contributed by atoms with van der Waals surface area (Å²) in [7, 11) is 0. The molecule has 1 heterocycles. The Kier molecular flexibility index (Phi) is 6.78. The number of carbonyl (C=O) groups is 1. The molecular formula is C23H22ClF3N4O2. The number of ether oxygens (including phenoxy) is 1. The molecule has 0 bridgehead atoms. The van der Waals surface area contributed by atoms with Gasteiger partial charge in [0.2, 0.25) is 0 Å². The molecule has 3 aromatic rings. The normalized spacial score (nSPS) is 18.5. The number of amides is 2. The number of carbonyl (C=O) groups excluding carboxylic acids is 1. The Bertz CT molecular complexity index is 1120. The molecule has 0 radical (unpaired) electrons. The van der Waals surface area contributed by atoms with E-state index in [-0.39, 0.29) is 17.8 Å². The van der Waals surface area contributed by atoms with Crippen LogP contribution in [0.25, 0.3) is 10.9 Å². The molecule has 0 atom stereocenters. The van der Waals surface area contributed by atoms with E-state index in [1.165, 1.54) is 12.1 Å². The second-order valence-electron chi connectivity index (χ2n) is 7.88. The predicted octanol–water partition coefficient (Wildman–Crippen LogP) is 6.33. The van der Waals surface area contributed by atoms with E-state index in [1.54, 1.807) is 6.20 Å². The van der Waals surface area contributed by atoms with Crippen LogP contribution in [0.3, 0.4) is 0 Å². The van der Waals surface area contributed by atoms with Gasteiger partial charge in [0.15, 0.2) is 0 Å². The molecule has 33 heavy (non-hydrogen) atoms. The summed E-state index contributed by atoms with van der Waals surface area (Å²) in [6.07, 6.45) is 0.368. The molecule has 1 aliphatic rings. The van der Waals surface area contributed by atoms with Gasteiger partial charge in [-0.25, -0.2) is 4.79 Å². The smallest absolute Gasteiger partial charge is 0.406 e. The highest BCUT2D eigenvalue weighted by atomic mass is 35.5. The van der Waals surface area contributed by atoms with Gasteiger partial charge in [0, 0.05) is 40.1 Å². The van der Waals surface area contributed by atoms with E-state index in [9.17, 15) is 18.0 Å². The van der Waals surface area contributed by atoms with Crippen molar-refractivity contribution in [3.63, 3.8) is 0 Å². The molecule has 1 saturated carbocycles. The Morgan fingerprint density at radius 3 is 2.39 bits per heavy atom. The van der Waals surface area contributed by atoms with Gasteiger partial charge >= 0.3 is 12.4 Å². The Morgan fingerprint density at radius 2 is 1.70 bits per heavy atom. The van der Waals surface area contributed by atoms with Crippen molar-refractivity contribution in [2.24, 2.45) is 0 Å². The highest BCUT2D eigenvalue weighted by Crippen LogP contribution is 2.28. The number of nitrogens with zero attached hydrogens (tertiary/aromatic N) is 1. The first-order valence-corrected chi connectivity index (χ1v) is 10.9. The zero-order chi connectivity index (χ0) is 23.4. The van der Waals surface area contributed by atoms with Gasteiger partial charge in [-0.2, -0.15) is 0 Å². The van der Waals surface area contributed by atoms with Crippen LogP contribution in [0.2, 0.25) is 5.02 Å². The fourth-order valence-electron chi connectivity index (χ4n) is 3.94. The van der Waals surface area contributed by atoms with Crippen LogP contribution >= 0.6 is 11.6 Å². The van der Waals surface area contributed by atoms with E-state index >= 15 is 0 Å². The van der Waals surface area contributed by atoms with Crippen molar-refractivity contribution in [1.29, 1.82) is 0 Å². The quantitative estimate of drug-likeness (QED) is 0.400. The molecule has 6 nitrogen and oxygen atoms in total. The van der Waals surface area contributed by atoms with E-state index in [1.807, 2.05) is 24.3 Å². The first-order valence-electron chi connectivity index (χ1n) is 10.5. The molecule has 4 rings (SSSR count). The summed E-state index contributed by atoms with van der Waals surface area (Å²) in [5.41, 5.74) is 2.21. The van der Waals surface area contributed by atoms with Gasteiger partial charge in [0.1, 0.15) is 5.75 Å². The lowest BCUT2D eigenvalue weighted by Crippen LogP contribution is -2.42. The minimum absolute atomic E-state index is 0.0175. The van der Waals surface area contributed by atoms with Crippen LogP contribution in [-0.4, -0.2) is 29.5 Å². The largest absolute Gasteiger partial charge is 0.573 e. The number of anilines is 2. The lowest BCUT2D eigenvalue weighted by atomic mass is 9.91. The number of rotatable bonds is 5. The molecule has 0 spiro atoms. The maximum absolute atomic E-state index is 12.3. The zero-order valence-electron chi connectivity index (χ0n) is 17.5. The van der Waals surface area contributed by atoms with Gasteiger partial charge in [-0.15, -0.1) is 13.2 Å². The summed E-state index contributed by atoms with van der Waals surface area (Å²) in [6, 6.07) is 12.5. The maximum atomic E-state index is 12.3. The first kappa shape index (κ1) is 23.0. The van der Waals surface area contributed by atoms with Crippen LogP contribution in [-0.2, 0) is 0 Å². The van der Waals surface area contributed by atoms with Crippen LogP contribution in [0.15, 0.2) is 54.7 Å². The third kappa shape index (κ3) is 6.41. The third-order valence-corrected chi connectivity index (χ3v) is 5.71. The van der Waals surface area contributed by atoms with Crippen molar-refractivity contribution in [1.82, 2.24) is 10.3 Å². The lowest BCUT2D eigenvalue weighted by Gasteiger charge is -2.30. The van der Waals surface area contributed by atoms with Crippen molar-refractivity contribution in [2.75, 3.05) is 10.6 Å². The Morgan fingerprint density at radius 1 is 1.00 bits per heavy atom. The molecule has 1 aromatic heterocycles. The second-order valence-corrected chi connectivity index (χ2v) is 8.32. The number of aromatic nitrogens is 1. The van der Waals surface area contributed by atoms with Crippen molar-refractivity contribution in [2.45, 2.75) is 44.1 Å². The van der Waals surface area contributed by atoms with Crippen molar-refractivity contribution < 1.29 is 22.7 Å². The van der Waals surface area contributed by atoms with E-state index in [0.29, 0.717) is 10.7 Å². The molecule has 2 aromatic carbocycles. The highest BCUT2D eigenvalue weighted by molar-refractivity contribution is 6.31. The summed E-state index contributed by atoms with van der Waals surface area (Å²) in [5, 5.41) is 10.8. The number of hydrogen-bond acceptors (Lipinski definition) is 4. The number of alkyl halides is 3. The Labute approximate surface area is 193 Å². The molecule has 3 N–H and O–H groups in total. The predicted molar refractivity (Wildman–Crippen MR) is 122 cm³/mol. The average molecular weight is 479 g/mol. The standard InChI is InChI=1S/C23H22ClF3N4O2/c24-14-1-10-19-20(11-12-28-21(19)13-14)29-15-2-4-16(5-3-15)30-22(32)31-17-6-8-18(9-7-17)33-23(25,26)27/h1,6-13,15-16H,2-5H2,(H,28,29)(H2,30,31,32). The fourth-order valence-corrected chi connectivity index (χ4v) is 4.11. The maximum Gasteiger partial charge on any atom is 0.573 e. The lowest BCUT2D eigenvalue weighted by molar-refractivity contribution is -0.274. The summed E-state index contributed by atoms with van der Waals surface area (Å²) >= 11 is 6.05. The highest BCUT2D eigenvalue weighted by Gasteiger charge is 2.31. The topological polar surface area (TPSA) is 75.3 Å². The van der Waals surface area contributed by atoms with Crippen molar-refractivity contribution >= 4 is 39.9 Å². The van der Waals surface area contributed by atoms with E-state index in [2.05, 4.69) is 25.7 Å². The zero-order valence-corrected chi connectivity index (χ0v) is 18.2. The summed E-state index contributed by atoms with van der Waals surface area (Å²) in [4.78, 5) is 16.6. The van der Waals surface area contributed by atoms with E-state index in [4.69, 9.17) is 11.6 Å². The number of hydrogen-bond donors (Lipinski definition) is 3. The van der Waals surface area contributed by atoms with E-state index < -0.39 is 12.4 Å². The summed E-state index contributed by atoms with van der Waals surface area (Å²) < 4.78 is 40.5. The molecular weight excluding hydrogens is 457 g/mol. The number of urea groups is 1. The van der Waals surface area contributed by atoms with Gasteiger partial charge in [-0.05, 0) is 74.2 Å². The Balaban J connectivity index is 1.25. The number of pyridine rings is 1. The van der Waals surface area contributed by atoms with Crippen LogP contribution in [0.5, 0.6) is 5.75 Å². The van der Waals surface area contributed by atoms with Crippen LogP contribution < -0.4 is 20.7 Å². The minimum atomic E-state index is -4.75. The minimum Gasteiger partial charge on any atom is -0.406 e. The molecule has 174 valence electrons. The molecule has 0 unspecified atom stereocenters. The number of halogens is 4. The fraction of sp³-hybridized carbons (Fsp3) is 0.304. The van der Waals surface area contributed by atoms with Crippen molar-refractivity contribution in [3.8, 4) is 5.75 Å². The van der Waals surface area contributed by atoms with Gasteiger partial charge in [0.05, 0.1) is 5.52 Å². The molecule has 1 fully saturated rings. The number of benzene rings is 2. The molecule has 10 heteroatoms. The van der Waals surface area contributed by atoms with Gasteiger partial charge in [-0.3, -0.25) is 4.98 Å². The molecule has 1 aliphatic carbocycles. The number of nitrogens with one attached hydrogen (secondary N) is 3. The first-order chi connectivity index (χ1) is 15.7. The Hall–Kier alpha value is -3.20. The number of fused-ring (bicyclic) bond motifs is 1. The monoisotopic (exact) mass is 478 g/mol. The van der Waals surface area contributed by atoms with E-state index in [0.717, 1.165) is 54.4 Å².